The van der Waals surface area contributed by atoms with Crippen LogP contribution in [0.25, 0.3) is 0 Å². The number of rotatable bonds is 3. The van der Waals surface area contributed by atoms with E-state index in [4.69, 9.17) is 0 Å². The summed E-state index contributed by atoms with van der Waals surface area (Å²) in [5, 5.41) is 0. The van der Waals surface area contributed by atoms with E-state index in [9.17, 15) is 4.79 Å². The van der Waals surface area contributed by atoms with Crippen LogP contribution >= 0.6 is 15.9 Å². The smallest absolute Gasteiger partial charge is 0.169 e. The van der Waals surface area contributed by atoms with E-state index >= 15 is 0 Å². The number of hydrogen-bond donors (Lipinski definition) is 0. The fourth-order valence-corrected chi connectivity index (χ4v) is 2.23. The molecule has 0 saturated heterocycles. The highest BCUT2D eigenvalue weighted by molar-refractivity contribution is 9.10. The Labute approximate surface area is 92.6 Å². The van der Waals surface area contributed by atoms with Crippen LogP contribution in [-0.2, 0) is 0 Å². The van der Waals surface area contributed by atoms with Crippen molar-refractivity contribution in [2.75, 3.05) is 0 Å². The van der Waals surface area contributed by atoms with Gasteiger partial charge in [-0.25, -0.2) is 0 Å². The third-order valence-corrected chi connectivity index (χ3v) is 3.59. The molecule has 1 nitrogen and oxygen atoms in total. The molecule has 0 spiro atoms. The molecule has 1 aromatic carbocycles. The second-order valence-corrected chi connectivity index (χ2v) is 4.89. The molecule has 0 aromatic heterocycles. The van der Waals surface area contributed by atoms with Gasteiger partial charge < -0.3 is 0 Å². The largest absolute Gasteiger partial charge is 0.294 e. The second-order valence-electron chi connectivity index (χ2n) is 3.97. The molecular weight excluding hydrogens is 240 g/mol. The van der Waals surface area contributed by atoms with Gasteiger partial charge in [0.05, 0.1) is 0 Å². The van der Waals surface area contributed by atoms with Gasteiger partial charge in [-0.3, -0.25) is 4.79 Å². The maximum atomic E-state index is 12.1. The lowest BCUT2D eigenvalue weighted by molar-refractivity contribution is 0.0896. The van der Waals surface area contributed by atoms with Crippen LogP contribution < -0.4 is 0 Å². The summed E-state index contributed by atoms with van der Waals surface area (Å²) in [5.41, 5.74) is 0.833. The van der Waals surface area contributed by atoms with E-state index in [1.807, 2.05) is 24.3 Å². The molecule has 0 radical (unpaired) electrons. The first-order valence-corrected chi connectivity index (χ1v) is 5.78. The van der Waals surface area contributed by atoms with Crippen molar-refractivity contribution in [2.45, 2.75) is 26.2 Å². The zero-order chi connectivity index (χ0) is 10.2. The van der Waals surface area contributed by atoms with Crippen molar-refractivity contribution in [3.8, 4) is 0 Å². The zero-order valence-electron chi connectivity index (χ0n) is 8.22. The Kier molecular flexibility index (Phi) is 2.48. The van der Waals surface area contributed by atoms with Crippen molar-refractivity contribution in [3.05, 3.63) is 34.3 Å². The van der Waals surface area contributed by atoms with Gasteiger partial charge in [-0.05, 0) is 31.4 Å². The van der Waals surface area contributed by atoms with E-state index in [1.165, 1.54) is 0 Å². The van der Waals surface area contributed by atoms with Crippen molar-refractivity contribution < 1.29 is 4.79 Å². The Bertz CT molecular complexity index is 366. The maximum absolute atomic E-state index is 12.1. The molecule has 74 valence electrons. The summed E-state index contributed by atoms with van der Waals surface area (Å²) in [6.45, 7) is 2.10. The van der Waals surface area contributed by atoms with Crippen molar-refractivity contribution in [1.29, 1.82) is 0 Å². The molecule has 0 amide bonds. The lowest BCUT2D eigenvalue weighted by Gasteiger charge is -2.10. The van der Waals surface area contributed by atoms with Gasteiger partial charge in [0.15, 0.2) is 5.78 Å². The van der Waals surface area contributed by atoms with Gasteiger partial charge in [-0.1, -0.05) is 35.0 Å². The second kappa shape index (κ2) is 3.50. The minimum Gasteiger partial charge on any atom is -0.294 e. The molecule has 0 unspecified atom stereocenters. The predicted octanol–water partition coefficient (Wildman–Crippen LogP) is 3.82. The molecule has 0 aliphatic heterocycles. The predicted molar refractivity (Wildman–Crippen MR) is 60.4 cm³/mol. The summed E-state index contributed by atoms with van der Waals surface area (Å²) in [6, 6.07) is 7.69. The Morgan fingerprint density at radius 2 is 2.21 bits per heavy atom. The average molecular weight is 253 g/mol. The number of hydrogen-bond acceptors (Lipinski definition) is 1. The van der Waals surface area contributed by atoms with E-state index in [0.717, 1.165) is 29.3 Å². The summed E-state index contributed by atoms with van der Waals surface area (Å²) >= 11 is 3.39. The van der Waals surface area contributed by atoms with Crippen molar-refractivity contribution in [2.24, 2.45) is 5.41 Å². The molecule has 0 bridgehead atoms. The molecule has 1 aliphatic carbocycles. The van der Waals surface area contributed by atoms with E-state index in [2.05, 4.69) is 22.9 Å². The van der Waals surface area contributed by atoms with Gasteiger partial charge >= 0.3 is 0 Å². The molecule has 1 aromatic rings. The van der Waals surface area contributed by atoms with Gasteiger partial charge in [0.25, 0.3) is 0 Å². The van der Waals surface area contributed by atoms with E-state index in [0.29, 0.717) is 5.78 Å². The summed E-state index contributed by atoms with van der Waals surface area (Å²) in [5.74, 6) is 0.321. The van der Waals surface area contributed by atoms with Gasteiger partial charge in [0.1, 0.15) is 0 Å². The average Bonchev–Trinajstić information content (AvgIpc) is 2.97. The maximum Gasteiger partial charge on any atom is 0.169 e. The molecule has 0 N–H and O–H groups in total. The monoisotopic (exact) mass is 252 g/mol. The highest BCUT2D eigenvalue weighted by Gasteiger charge is 2.47. The fourth-order valence-electron chi connectivity index (χ4n) is 1.83. The van der Waals surface area contributed by atoms with Crippen LogP contribution in [0.4, 0.5) is 0 Å². The normalized spacial score (nSPS) is 17.9. The number of carbonyl (C=O) groups is 1. The van der Waals surface area contributed by atoms with Gasteiger partial charge in [-0.2, -0.15) is 0 Å². The minimum atomic E-state index is -0.0131. The lowest BCUT2D eigenvalue weighted by Crippen LogP contribution is -2.14. The third-order valence-electron chi connectivity index (χ3n) is 3.10. The van der Waals surface area contributed by atoms with E-state index in [-0.39, 0.29) is 5.41 Å². The van der Waals surface area contributed by atoms with Gasteiger partial charge in [-0.15, -0.1) is 0 Å². The molecule has 0 heterocycles. The standard InChI is InChI=1S/C12H13BrO/c1-2-12(6-7-12)11(14)9-4-3-5-10(13)8-9/h3-5,8H,2,6-7H2,1H3. The minimum absolute atomic E-state index is 0.0131. The van der Waals surface area contributed by atoms with Crippen LogP contribution in [0.3, 0.4) is 0 Å². The van der Waals surface area contributed by atoms with E-state index in [1.54, 1.807) is 0 Å². The lowest BCUT2D eigenvalue weighted by atomic mass is 9.92. The molecular formula is C12H13BrO. The first-order valence-electron chi connectivity index (χ1n) is 4.98. The number of halogens is 1. The third kappa shape index (κ3) is 1.63. The summed E-state index contributed by atoms with van der Waals surface area (Å²) < 4.78 is 0.982. The molecule has 2 rings (SSSR count). The van der Waals surface area contributed by atoms with Crippen LogP contribution in [0.5, 0.6) is 0 Å². The molecule has 1 fully saturated rings. The Hall–Kier alpha value is -0.630. The van der Waals surface area contributed by atoms with Crippen molar-refractivity contribution >= 4 is 21.7 Å². The number of benzene rings is 1. The van der Waals surface area contributed by atoms with Crippen LogP contribution in [0.2, 0.25) is 0 Å². The van der Waals surface area contributed by atoms with Crippen LogP contribution in [0.1, 0.15) is 36.5 Å². The van der Waals surface area contributed by atoms with Crippen molar-refractivity contribution in [3.63, 3.8) is 0 Å². The fraction of sp³-hybridized carbons (Fsp3) is 0.417. The molecule has 2 heteroatoms. The SMILES string of the molecule is CCC1(C(=O)c2cccc(Br)c2)CC1. The van der Waals surface area contributed by atoms with Crippen LogP contribution in [-0.4, -0.2) is 5.78 Å². The Morgan fingerprint density at radius 1 is 1.50 bits per heavy atom. The van der Waals surface area contributed by atoms with Crippen LogP contribution in [0.15, 0.2) is 28.7 Å². The molecule has 14 heavy (non-hydrogen) atoms. The molecule has 1 aliphatic rings. The summed E-state index contributed by atoms with van der Waals surface area (Å²) in [4.78, 5) is 12.1. The zero-order valence-corrected chi connectivity index (χ0v) is 9.80. The molecule has 0 atom stereocenters. The Morgan fingerprint density at radius 3 is 2.71 bits per heavy atom. The first kappa shape index (κ1) is 9.91. The number of ketones is 1. The Balaban J connectivity index is 2.28. The highest BCUT2D eigenvalue weighted by Crippen LogP contribution is 2.51. The van der Waals surface area contributed by atoms with Crippen LogP contribution in [0, 0.1) is 5.41 Å². The van der Waals surface area contributed by atoms with Gasteiger partial charge in [0.2, 0.25) is 0 Å². The van der Waals surface area contributed by atoms with Gasteiger partial charge in [0, 0.05) is 15.5 Å². The number of carbonyl (C=O) groups excluding carboxylic acids is 1. The highest BCUT2D eigenvalue weighted by atomic mass is 79.9. The summed E-state index contributed by atoms with van der Waals surface area (Å²) in [6.07, 6.45) is 3.10. The van der Waals surface area contributed by atoms with E-state index < -0.39 is 0 Å². The van der Waals surface area contributed by atoms with Crippen molar-refractivity contribution in [1.82, 2.24) is 0 Å². The summed E-state index contributed by atoms with van der Waals surface area (Å²) in [7, 11) is 0. The first-order chi connectivity index (χ1) is 6.68. The molecule has 1 saturated carbocycles. The quantitative estimate of drug-likeness (QED) is 0.748. The number of Topliss-reactive ketones (excluding diaryl/α,β-unsaturated/α-hetero) is 1. The topological polar surface area (TPSA) is 17.1 Å².